The van der Waals surface area contributed by atoms with Crippen LogP contribution in [0.2, 0.25) is 0 Å². The van der Waals surface area contributed by atoms with Crippen molar-refractivity contribution in [2.45, 2.75) is 57.5 Å². The van der Waals surface area contributed by atoms with Gasteiger partial charge in [-0.1, -0.05) is 19.8 Å². The number of thiazole rings is 1. The Kier molecular flexibility index (Phi) is 3.98. The molecule has 0 saturated heterocycles. The second-order valence-electron chi connectivity index (χ2n) is 5.06. The normalized spacial score (nSPS) is 30.5. The van der Waals surface area contributed by atoms with E-state index in [0.29, 0.717) is 0 Å². The summed E-state index contributed by atoms with van der Waals surface area (Å²) in [7, 11) is 0. The highest BCUT2D eigenvalue weighted by atomic mass is 32.1. The minimum absolute atomic E-state index is 0.470. The first-order chi connectivity index (χ1) is 7.72. The third kappa shape index (κ3) is 3.05. The van der Waals surface area contributed by atoms with Crippen molar-refractivity contribution >= 4 is 11.3 Å². The zero-order valence-corrected chi connectivity index (χ0v) is 10.8. The highest BCUT2D eigenvalue weighted by Gasteiger charge is 2.33. The number of rotatable bonds is 4. The van der Waals surface area contributed by atoms with Crippen LogP contribution in [-0.4, -0.2) is 15.7 Å². The van der Waals surface area contributed by atoms with E-state index in [4.69, 9.17) is 0 Å². The van der Waals surface area contributed by atoms with Crippen molar-refractivity contribution in [3.8, 4) is 0 Å². The van der Waals surface area contributed by atoms with Crippen molar-refractivity contribution in [3.63, 3.8) is 0 Å². The van der Waals surface area contributed by atoms with Crippen LogP contribution in [0.15, 0.2) is 11.6 Å². The second-order valence-corrected chi connectivity index (χ2v) is 6.04. The molecule has 1 aromatic heterocycles. The molecule has 90 valence electrons. The zero-order chi connectivity index (χ0) is 11.4. The van der Waals surface area contributed by atoms with Gasteiger partial charge in [0.2, 0.25) is 0 Å². The van der Waals surface area contributed by atoms with Crippen LogP contribution in [0.1, 0.15) is 50.5 Å². The van der Waals surface area contributed by atoms with Gasteiger partial charge in [-0.15, -0.1) is 11.3 Å². The number of hydrogen-bond acceptors (Lipinski definition) is 3. The molecular formula is C13H21NOS. The van der Waals surface area contributed by atoms with Gasteiger partial charge in [0, 0.05) is 18.0 Å². The molecule has 0 atom stereocenters. The van der Waals surface area contributed by atoms with E-state index in [1.807, 2.05) is 11.6 Å². The predicted octanol–water partition coefficient (Wildman–Crippen LogP) is 3.41. The summed E-state index contributed by atoms with van der Waals surface area (Å²) >= 11 is 1.66. The Morgan fingerprint density at radius 3 is 2.81 bits per heavy atom. The smallest absolute Gasteiger partial charge is 0.0953 e. The van der Waals surface area contributed by atoms with Crippen LogP contribution in [0.25, 0.3) is 0 Å². The van der Waals surface area contributed by atoms with E-state index >= 15 is 0 Å². The largest absolute Gasteiger partial charge is 0.389 e. The van der Waals surface area contributed by atoms with Gasteiger partial charge in [0.05, 0.1) is 10.6 Å². The summed E-state index contributed by atoms with van der Waals surface area (Å²) in [5, 5.41) is 13.6. The monoisotopic (exact) mass is 239 g/mol. The molecule has 0 radical (unpaired) electrons. The molecule has 16 heavy (non-hydrogen) atoms. The van der Waals surface area contributed by atoms with Gasteiger partial charge in [-0.2, -0.15) is 0 Å². The fraction of sp³-hybridized carbons (Fsp3) is 0.769. The summed E-state index contributed by atoms with van der Waals surface area (Å²) in [6.45, 7) is 2.25. The Labute approximate surface area is 102 Å². The Hall–Kier alpha value is -0.410. The summed E-state index contributed by atoms with van der Waals surface area (Å²) < 4.78 is 0. The maximum Gasteiger partial charge on any atom is 0.0953 e. The molecule has 1 heterocycles. The number of nitrogens with zero attached hydrogens (tertiary/aromatic N) is 1. The van der Waals surface area contributed by atoms with Crippen molar-refractivity contribution in [3.05, 3.63) is 16.6 Å². The lowest BCUT2D eigenvalue weighted by Gasteiger charge is -2.35. The first-order valence-corrected chi connectivity index (χ1v) is 7.20. The molecule has 3 heteroatoms. The van der Waals surface area contributed by atoms with Gasteiger partial charge in [0.1, 0.15) is 0 Å². The van der Waals surface area contributed by atoms with Crippen LogP contribution in [0, 0.1) is 5.92 Å². The highest BCUT2D eigenvalue weighted by molar-refractivity contribution is 7.09. The summed E-state index contributed by atoms with van der Waals surface area (Å²) in [5.41, 5.74) is -0.470. The van der Waals surface area contributed by atoms with E-state index < -0.39 is 5.60 Å². The molecular weight excluding hydrogens is 218 g/mol. The molecule has 1 saturated carbocycles. The molecule has 0 aromatic carbocycles. The van der Waals surface area contributed by atoms with Crippen molar-refractivity contribution in [1.29, 1.82) is 0 Å². The van der Waals surface area contributed by atoms with Crippen molar-refractivity contribution in [2.24, 2.45) is 5.92 Å². The van der Waals surface area contributed by atoms with Crippen molar-refractivity contribution in [1.82, 2.24) is 4.98 Å². The lowest BCUT2D eigenvalue weighted by atomic mass is 9.76. The molecule has 0 aliphatic heterocycles. The van der Waals surface area contributed by atoms with Gasteiger partial charge in [0.25, 0.3) is 0 Å². The summed E-state index contributed by atoms with van der Waals surface area (Å²) in [6, 6.07) is 0. The van der Waals surface area contributed by atoms with E-state index in [0.717, 1.165) is 30.2 Å². The van der Waals surface area contributed by atoms with E-state index in [1.54, 1.807) is 11.3 Å². The van der Waals surface area contributed by atoms with Crippen molar-refractivity contribution in [2.75, 3.05) is 0 Å². The first kappa shape index (κ1) is 12.1. The van der Waals surface area contributed by atoms with Crippen LogP contribution in [0.3, 0.4) is 0 Å². The molecule has 1 aliphatic rings. The van der Waals surface area contributed by atoms with Gasteiger partial charge < -0.3 is 5.11 Å². The summed E-state index contributed by atoms with van der Waals surface area (Å²) in [4.78, 5) is 4.27. The van der Waals surface area contributed by atoms with Gasteiger partial charge in [0.15, 0.2) is 0 Å². The van der Waals surface area contributed by atoms with Gasteiger partial charge in [-0.3, -0.25) is 0 Å². The third-order valence-electron chi connectivity index (χ3n) is 3.70. The molecule has 1 N–H and O–H groups in total. The van der Waals surface area contributed by atoms with Crippen LogP contribution in [0.5, 0.6) is 0 Å². The fourth-order valence-electron chi connectivity index (χ4n) is 2.71. The van der Waals surface area contributed by atoms with Crippen LogP contribution in [0.4, 0.5) is 0 Å². The highest BCUT2D eigenvalue weighted by Crippen LogP contribution is 2.36. The number of hydrogen-bond donors (Lipinski definition) is 1. The average molecular weight is 239 g/mol. The Morgan fingerprint density at radius 1 is 1.50 bits per heavy atom. The predicted molar refractivity (Wildman–Crippen MR) is 67.6 cm³/mol. The minimum atomic E-state index is -0.470. The van der Waals surface area contributed by atoms with Gasteiger partial charge in [-0.25, -0.2) is 4.98 Å². The fourth-order valence-corrected chi connectivity index (χ4v) is 3.46. The molecule has 2 rings (SSSR count). The maximum atomic E-state index is 10.5. The van der Waals surface area contributed by atoms with E-state index in [1.165, 1.54) is 25.7 Å². The SMILES string of the molecule is CCCC1CCC(O)(Cc2nccs2)CC1. The summed E-state index contributed by atoms with van der Waals surface area (Å²) in [6.07, 6.45) is 9.47. The average Bonchev–Trinajstić information content (AvgIpc) is 2.74. The van der Waals surface area contributed by atoms with E-state index in [9.17, 15) is 5.11 Å². The number of aliphatic hydroxyl groups is 1. The number of aromatic nitrogens is 1. The molecule has 0 bridgehead atoms. The topological polar surface area (TPSA) is 33.1 Å². The van der Waals surface area contributed by atoms with Crippen LogP contribution in [-0.2, 0) is 6.42 Å². The van der Waals surface area contributed by atoms with Crippen molar-refractivity contribution < 1.29 is 5.11 Å². The quantitative estimate of drug-likeness (QED) is 0.873. The van der Waals surface area contributed by atoms with Gasteiger partial charge >= 0.3 is 0 Å². The summed E-state index contributed by atoms with van der Waals surface area (Å²) in [5.74, 6) is 0.849. The third-order valence-corrected chi connectivity index (χ3v) is 4.48. The molecule has 0 unspecified atom stereocenters. The zero-order valence-electron chi connectivity index (χ0n) is 9.98. The first-order valence-electron chi connectivity index (χ1n) is 6.32. The standard InChI is InChI=1S/C13H21NOS/c1-2-3-11-4-6-13(15,7-5-11)10-12-14-8-9-16-12/h8-9,11,15H,2-7,10H2,1H3. The lowest BCUT2D eigenvalue weighted by Crippen LogP contribution is -2.36. The van der Waals surface area contributed by atoms with Crippen LogP contribution >= 0.6 is 11.3 Å². The Bertz CT molecular complexity index is 302. The molecule has 0 amide bonds. The molecule has 1 fully saturated rings. The van der Waals surface area contributed by atoms with Crippen LogP contribution < -0.4 is 0 Å². The Balaban J connectivity index is 1.86. The van der Waals surface area contributed by atoms with Gasteiger partial charge in [-0.05, 0) is 31.6 Å². The second kappa shape index (κ2) is 5.28. The van der Waals surface area contributed by atoms with E-state index in [2.05, 4.69) is 11.9 Å². The molecule has 0 spiro atoms. The minimum Gasteiger partial charge on any atom is -0.389 e. The maximum absolute atomic E-state index is 10.5. The molecule has 1 aliphatic carbocycles. The lowest BCUT2D eigenvalue weighted by molar-refractivity contribution is -0.00990. The molecule has 2 nitrogen and oxygen atoms in total. The van der Waals surface area contributed by atoms with E-state index in [-0.39, 0.29) is 0 Å². The Morgan fingerprint density at radius 2 is 2.25 bits per heavy atom. The molecule has 1 aromatic rings.